The zero-order valence-electron chi connectivity index (χ0n) is 18.8. The summed E-state index contributed by atoms with van der Waals surface area (Å²) < 4.78 is 21.7. The summed E-state index contributed by atoms with van der Waals surface area (Å²) in [6.45, 7) is 0. The van der Waals surface area contributed by atoms with E-state index in [1.165, 1.54) is 11.6 Å². The molecule has 1 heterocycles. The van der Waals surface area contributed by atoms with Crippen LogP contribution in [0.5, 0.6) is 5.75 Å². The van der Waals surface area contributed by atoms with Crippen LogP contribution in [-0.2, 0) is 17.6 Å². The lowest BCUT2D eigenvalue weighted by Crippen LogP contribution is -2.09. The fraction of sp³-hybridized carbons (Fsp3) is 0.407. The Morgan fingerprint density at radius 3 is 2.70 bits per heavy atom. The van der Waals surface area contributed by atoms with E-state index in [0.717, 1.165) is 55.3 Å². The average molecular weight is 449 g/mol. The van der Waals surface area contributed by atoms with Gasteiger partial charge in [0.05, 0.1) is 25.4 Å². The second-order valence-corrected chi connectivity index (χ2v) is 9.35. The van der Waals surface area contributed by atoms with Gasteiger partial charge in [0, 0.05) is 12.0 Å². The fourth-order valence-electron chi connectivity index (χ4n) is 4.85. The summed E-state index contributed by atoms with van der Waals surface area (Å²) in [5.41, 5.74) is 5.00. The van der Waals surface area contributed by atoms with E-state index in [0.29, 0.717) is 23.3 Å². The van der Waals surface area contributed by atoms with Crippen LogP contribution in [0.3, 0.4) is 0 Å². The number of carboxylic acids is 1. The first-order valence-electron chi connectivity index (χ1n) is 11.7. The van der Waals surface area contributed by atoms with Gasteiger partial charge >= 0.3 is 5.97 Å². The number of hydrogen-bond acceptors (Lipinski definition) is 3. The van der Waals surface area contributed by atoms with Crippen LogP contribution in [-0.4, -0.2) is 28.0 Å². The van der Waals surface area contributed by atoms with Gasteiger partial charge in [0.1, 0.15) is 17.3 Å². The highest BCUT2D eigenvalue weighted by Gasteiger charge is 2.34. The van der Waals surface area contributed by atoms with Crippen molar-refractivity contribution in [3.8, 4) is 11.4 Å². The largest absolute Gasteiger partial charge is 0.497 e. The molecular weight excluding hydrogens is 419 g/mol. The number of nitrogens with zero attached hydrogens (tertiary/aromatic N) is 2. The molecule has 3 aromatic rings. The van der Waals surface area contributed by atoms with Crippen molar-refractivity contribution in [1.29, 1.82) is 0 Å². The second kappa shape index (κ2) is 9.00. The molecule has 5 rings (SSSR count). The van der Waals surface area contributed by atoms with Crippen LogP contribution >= 0.6 is 0 Å². The minimum atomic E-state index is -0.733. The van der Waals surface area contributed by atoms with Crippen LogP contribution in [0.2, 0.25) is 0 Å². The van der Waals surface area contributed by atoms with Crippen molar-refractivity contribution in [1.82, 2.24) is 9.78 Å². The van der Waals surface area contributed by atoms with Crippen LogP contribution in [0.4, 0.5) is 4.39 Å². The van der Waals surface area contributed by atoms with E-state index < -0.39 is 5.97 Å². The third-order valence-corrected chi connectivity index (χ3v) is 6.88. The highest BCUT2D eigenvalue weighted by Crippen LogP contribution is 2.45. The number of aryl methyl sites for hydroxylation is 2. The lowest BCUT2D eigenvalue weighted by molar-refractivity contribution is -0.137. The van der Waals surface area contributed by atoms with Gasteiger partial charge in [-0.25, -0.2) is 9.07 Å². The van der Waals surface area contributed by atoms with E-state index in [1.54, 1.807) is 23.9 Å². The van der Waals surface area contributed by atoms with Crippen molar-refractivity contribution in [2.75, 3.05) is 7.11 Å². The summed E-state index contributed by atoms with van der Waals surface area (Å²) in [5, 5.41) is 13.9. The minimum Gasteiger partial charge on any atom is -0.497 e. The molecule has 2 aromatic carbocycles. The number of aliphatic carboxylic acids is 1. The van der Waals surface area contributed by atoms with Crippen molar-refractivity contribution in [2.24, 2.45) is 5.92 Å². The molecule has 0 spiro atoms. The SMILES string of the molecule is COc1ccc(F)c(-n2ncc(CCc3cccc(C(CC(=O)O)C4CC4)c3)c2C2CC2)c1. The van der Waals surface area contributed by atoms with Gasteiger partial charge in [-0.3, -0.25) is 4.79 Å². The van der Waals surface area contributed by atoms with Gasteiger partial charge in [-0.15, -0.1) is 0 Å². The minimum absolute atomic E-state index is 0.100. The number of benzene rings is 2. The van der Waals surface area contributed by atoms with E-state index in [-0.39, 0.29) is 18.2 Å². The molecule has 0 radical (unpaired) electrons. The Kier molecular flexibility index (Phi) is 5.92. The zero-order chi connectivity index (χ0) is 22.9. The zero-order valence-corrected chi connectivity index (χ0v) is 18.8. The molecular formula is C27H29FN2O3. The summed E-state index contributed by atoms with van der Waals surface area (Å²) >= 11 is 0. The average Bonchev–Trinajstić information content (AvgIpc) is 3.75. The van der Waals surface area contributed by atoms with E-state index in [4.69, 9.17) is 4.74 Å². The molecule has 0 saturated heterocycles. The lowest BCUT2D eigenvalue weighted by atomic mass is 9.89. The Morgan fingerprint density at radius 1 is 1.18 bits per heavy atom. The molecule has 1 N–H and O–H groups in total. The Bertz CT molecular complexity index is 1160. The number of ether oxygens (including phenoxy) is 1. The first-order chi connectivity index (χ1) is 16.0. The first-order valence-corrected chi connectivity index (χ1v) is 11.7. The smallest absolute Gasteiger partial charge is 0.303 e. The summed E-state index contributed by atoms with van der Waals surface area (Å²) in [6.07, 6.45) is 8.14. The quantitative estimate of drug-likeness (QED) is 0.435. The van der Waals surface area contributed by atoms with Gasteiger partial charge < -0.3 is 9.84 Å². The molecule has 172 valence electrons. The second-order valence-electron chi connectivity index (χ2n) is 9.35. The Balaban J connectivity index is 1.37. The normalized spacial score (nSPS) is 16.5. The first kappa shape index (κ1) is 21.7. The molecule has 1 aromatic heterocycles. The number of methoxy groups -OCH3 is 1. The number of carboxylic acid groups (broad SMARTS) is 1. The third kappa shape index (κ3) is 4.80. The Labute approximate surface area is 193 Å². The predicted molar refractivity (Wildman–Crippen MR) is 124 cm³/mol. The molecule has 33 heavy (non-hydrogen) atoms. The van der Waals surface area contributed by atoms with Gasteiger partial charge in [0.2, 0.25) is 0 Å². The maximum absolute atomic E-state index is 14.6. The van der Waals surface area contributed by atoms with Crippen LogP contribution in [0.1, 0.15) is 66.3 Å². The van der Waals surface area contributed by atoms with Crippen molar-refractivity contribution in [3.63, 3.8) is 0 Å². The molecule has 0 amide bonds. The number of carbonyl (C=O) groups is 1. The molecule has 1 atom stereocenters. The van der Waals surface area contributed by atoms with Gasteiger partial charge in [0.15, 0.2) is 0 Å². The monoisotopic (exact) mass is 448 g/mol. The van der Waals surface area contributed by atoms with E-state index in [9.17, 15) is 14.3 Å². The molecule has 1 unspecified atom stereocenters. The highest BCUT2D eigenvalue weighted by molar-refractivity contribution is 5.68. The summed E-state index contributed by atoms with van der Waals surface area (Å²) in [7, 11) is 1.58. The van der Waals surface area contributed by atoms with Gasteiger partial charge in [-0.05, 0) is 79.2 Å². The molecule has 2 aliphatic carbocycles. The van der Waals surface area contributed by atoms with Crippen LogP contribution in [0.15, 0.2) is 48.7 Å². The van der Waals surface area contributed by atoms with Gasteiger partial charge in [0.25, 0.3) is 0 Å². The number of aromatic nitrogens is 2. The van der Waals surface area contributed by atoms with Crippen LogP contribution in [0, 0.1) is 11.7 Å². The standard InChI is InChI=1S/C27H29FN2O3/c1-33-22-11-12-24(28)25(14-22)30-27(19-9-10-19)21(16-29-30)6-5-17-3-2-4-20(13-17)23(15-26(31)32)18-7-8-18/h2-4,11-14,16,18-19,23H,5-10,15H2,1H3,(H,31,32). The number of halogens is 1. The molecule has 6 heteroatoms. The molecule has 2 saturated carbocycles. The van der Waals surface area contributed by atoms with Crippen molar-refractivity contribution < 1.29 is 19.0 Å². The molecule has 2 fully saturated rings. The summed E-state index contributed by atoms with van der Waals surface area (Å²) in [6, 6.07) is 13.1. The van der Waals surface area contributed by atoms with E-state index >= 15 is 0 Å². The molecule has 5 nitrogen and oxygen atoms in total. The number of hydrogen-bond donors (Lipinski definition) is 1. The maximum Gasteiger partial charge on any atom is 0.303 e. The van der Waals surface area contributed by atoms with Gasteiger partial charge in [-0.1, -0.05) is 24.3 Å². The Morgan fingerprint density at radius 2 is 2.00 bits per heavy atom. The maximum atomic E-state index is 14.6. The van der Waals surface area contributed by atoms with Crippen LogP contribution in [0.25, 0.3) is 5.69 Å². The lowest BCUT2D eigenvalue weighted by Gasteiger charge is -2.16. The van der Waals surface area contributed by atoms with E-state index in [1.807, 2.05) is 12.3 Å². The Hall–Kier alpha value is -3.15. The third-order valence-electron chi connectivity index (χ3n) is 6.88. The summed E-state index contributed by atoms with van der Waals surface area (Å²) in [4.78, 5) is 11.4. The summed E-state index contributed by atoms with van der Waals surface area (Å²) in [5.74, 6) is 0.563. The topological polar surface area (TPSA) is 64.4 Å². The van der Waals surface area contributed by atoms with Crippen molar-refractivity contribution >= 4 is 5.97 Å². The van der Waals surface area contributed by atoms with Crippen LogP contribution < -0.4 is 4.74 Å². The van der Waals surface area contributed by atoms with Gasteiger partial charge in [-0.2, -0.15) is 5.10 Å². The van der Waals surface area contributed by atoms with Crippen molar-refractivity contribution in [3.05, 3.63) is 76.9 Å². The molecule has 0 aliphatic heterocycles. The van der Waals surface area contributed by atoms with E-state index in [2.05, 4.69) is 23.3 Å². The molecule has 2 aliphatic rings. The highest BCUT2D eigenvalue weighted by atomic mass is 19.1. The van der Waals surface area contributed by atoms with Crippen molar-refractivity contribution in [2.45, 2.75) is 56.8 Å². The fourth-order valence-corrected chi connectivity index (χ4v) is 4.85. The predicted octanol–water partition coefficient (Wildman–Crippen LogP) is 5.65. The number of rotatable bonds is 10. The molecule has 0 bridgehead atoms.